The van der Waals surface area contributed by atoms with Crippen molar-refractivity contribution >= 4 is 21.9 Å². The van der Waals surface area contributed by atoms with E-state index in [0.29, 0.717) is 17.7 Å². The molecule has 142 valence electrons. The van der Waals surface area contributed by atoms with Crippen molar-refractivity contribution in [1.29, 1.82) is 0 Å². The van der Waals surface area contributed by atoms with E-state index < -0.39 is 22.0 Å². The zero-order valence-electron chi connectivity index (χ0n) is 14.8. The number of sulfonamides is 1. The van der Waals surface area contributed by atoms with Crippen LogP contribution in [0.15, 0.2) is 23.1 Å². The molecule has 2 N–H and O–H groups in total. The first-order chi connectivity index (χ1) is 12.3. The van der Waals surface area contributed by atoms with Crippen LogP contribution in [0.5, 0.6) is 0 Å². The third-order valence-electron chi connectivity index (χ3n) is 5.26. The fraction of sp³-hybridized carbons (Fsp3) is 0.556. The van der Waals surface area contributed by atoms with Crippen LogP contribution in [0, 0.1) is 5.92 Å². The van der Waals surface area contributed by atoms with Crippen LogP contribution in [-0.4, -0.2) is 48.8 Å². The van der Waals surface area contributed by atoms with E-state index in [9.17, 15) is 18.0 Å². The highest BCUT2D eigenvalue weighted by molar-refractivity contribution is 7.89. The van der Waals surface area contributed by atoms with Gasteiger partial charge in [-0.25, -0.2) is 8.42 Å². The maximum Gasteiger partial charge on any atom is 0.325 e. The number of fused-ring (bicyclic) bond motifs is 1. The van der Waals surface area contributed by atoms with Crippen molar-refractivity contribution < 1.29 is 23.1 Å². The predicted octanol–water partition coefficient (Wildman–Crippen LogP) is 1.17. The van der Waals surface area contributed by atoms with Crippen LogP contribution in [0.25, 0.3) is 0 Å². The lowest BCUT2D eigenvalue weighted by molar-refractivity contribution is -0.142. The van der Waals surface area contributed by atoms with Crippen molar-refractivity contribution in [3.8, 4) is 0 Å². The van der Waals surface area contributed by atoms with E-state index in [-0.39, 0.29) is 24.9 Å². The molecule has 1 amide bonds. The third-order valence-corrected chi connectivity index (χ3v) is 7.16. The lowest BCUT2D eigenvalue weighted by atomic mass is 9.97. The van der Waals surface area contributed by atoms with Crippen molar-refractivity contribution in [2.24, 2.45) is 5.92 Å². The molecule has 2 aliphatic rings. The van der Waals surface area contributed by atoms with Crippen molar-refractivity contribution in [1.82, 2.24) is 9.62 Å². The molecular formula is C18H24N2O5S. The average Bonchev–Trinajstić information content (AvgIpc) is 3.09. The zero-order valence-corrected chi connectivity index (χ0v) is 15.6. The first-order valence-corrected chi connectivity index (χ1v) is 10.4. The Bertz CT molecular complexity index is 813. The topological polar surface area (TPSA) is 104 Å². The van der Waals surface area contributed by atoms with E-state index in [1.165, 1.54) is 16.8 Å². The number of carboxylic acids is 1. The number of carbonyl (C=O) groups is 2. The monoisotopic (exact) mass is 380 g/mol. The molecule has 1 fully saturated rings. The van der Waals surface area contributed by atoms with Gasteiger partial charge in [0.15, 0.2) is 0 Å². The Balaban J connectivity index is 1.64. The second-order valence-electron chi connectivity index (χ2n) is 7.03. The summed E-state index contributed by atoms with van der Waals surface area (Å²) in [4.78, 5) is 23.3. The van der Waals surface area contributed by atoms with Crippen LogP contribution in [-0.2, 0) is 32.5 Å². The minimum absolute atomic E-state index is 0.263. The summed E-state index contributed by atoms with van der Waals surface area (Å²) < 4.78 is 27.2. The Kier molecular flexibility index (Phi) is 5.34. The van der Waals surface area contributed by atoms with Crippen LogP contribution < -0.4 is 5.32 Å². The molecule has 1 atom stereocenters. The number of nitrogens with zero attached hydrogens (tertiary/aromatic N) is 1. The number of hydrogen-bond acceptors (Lipinski definition) is 4. The quantitative estimate of drug-likeness (QED) is 0.798. The Morgan fingerprint density at radius 2 is 1.85 bits per heavy atom. The van der Waals surface area contributed by atoms with Gasteiger partial charge >= 0.3 is 5.97 Å². The largest absolute Gasteiger partial charge is 0.480 e. The Hall–Kier alpha value is -1.93. The second-order valence-corrected chi connectivity index (χ2v) is 8.97. The van der Waals surface area contributed by atoms with Crippen LogP contribution in [0.1, 0.15) is 37.3 Å². The Morgan fingerprint density at radius 3 is 2.50 bits per heavy atom. The number of benzene rings is 1. The molecule has 0 aromatic heterocycles. The summed E-state index contributed by atoms with van der Waals surface area (Å²) in [5.74, 6) is -1.77. The summed E-state index contributed by atoms with van der Waals surface area (Å²) >= 11 is 0. The highest BCUT2D eigenvalue weighted by Crippen LogP contribution is 2.28. The molecule has 0 radical (unpaired) electrons. The van der Waals surface area contributed by atoms with Crippen molar-refractivity contribution in [2.75, 3.05) is 13.1 Å². The third kappa shape index (κ3) is 3.76. The lowest BCUT2D eigenvalue weighted by Gasteiger charge is -2.31. The first-order valence-electron chi connectivity index (χ1n) is 8.94. The lowest BCUT2D eigenvalue weighted by Crippen LogP contribution is -2.46. The maximum atomic E-state index is 12.9. The molecule has 1 aromatic carbocycles. The number of carboxylic acid groups (broad SMARTS) is 1. The Morgan fingerprint density at radius 1 is 1.19 bits per heavy atom. The predicted molar refractivity (Wildman–Crippen MR) is 95.2 cm³/mol. The zero-order chi connectivity index (χ0) is 18.9. The number of amides is 1. The summed E-state index contributed by atoms with van der Waals surface area (Å²) in [6, 6.07) is 4.41. The number of rotatable bonds is 5. The minimum atomic E-state index is -3.56. The molecule has 1 aliphatic carbocycles. The summed E-state index contributed by atoms with van der Waals surface area (Å²) in [6.07, 6.45) is 3.77. The van der Waals surface area contributed by atoms with Crippen molar-refractivity contribution in [3.63, 3.8) is 0 Å². The molecule has 3 rings (SSSR count). The van der Waals surface area contributed by atoms with Gasteiger partial charge in [0.1, 0.15) is 6.04 Å². The number of hydrogen-bond donors (Lipinski definition) is 2. The number of aliphatic carboxylic acids is 1. The van der Waals surface area contributed by atoms with E-state index in [2.05, 4.69) is 5.32 Å². The van der Waals surface area contributed by atoms with Crippen LogP contribution in [0.4, 0.5) is 0 Å². The fourth-order valence-corrected chi connectivity index (χ4v) is 5.13. The number of carbonyl (C=O) groups excluding carboxylic acids is 1. The average molecular weight is 380 g/mol. The first kappa shape index (κ1) is 18.8. The van der Waals surface area contributed by atoms with E-state index in [1.807, 2.05) is 6.07 Å². The molecule has 8 heteroatoms. The number of aryl methyl sites for hydroxylation is 2. The minimum Gasteiger partial charge on any atom is -0.480 e. The van der Waals surface area contributed by atoms with Crippen LogP contribution in [0.3, 0.4) is 0 Å². The normalized spacial score (nSPS) is 19.7. The summed E-state index contributed by atoms with van der Waals surface area (Å²) in [5, 5.41) is 11.3. The van der Waals surface area contributed by atoms with Gasteiger partial charge in [-0.2, -0.15) is 4.31 Å². The fourth-order valence-electron chi connectivity index (χ4n) is 3.61. The van der Waals surface area contributed by atoms with Gasteiger partial charge in [-0.3, -0.25) is 9.59 Å². The van der Waals surface area contributed by atoms with Gasteiger partial charge in [-0.1, -0.05) is 6.07 Å². The standard InChI is InChI=1S/C18H24N2O5S/c1-12(18(22)23)19-17(21)14-7-9-20(10-8-14)26(24,25)16-6-5-13-3-2-4-15(13)11-16/h5-6,11-12,14H,2-4,7-10H2,1H3,(H,19,21)(H,22,23)/t12-/m1/s1. The molecule has 1 aliphatic heterocycles. The highest BCUT2D eigenvalue weighted by atomic mass is 32.2. The molecule has 0 unspecified atom stereocenters. The molecule has 1 aromatic rings. The molecule has 0 spiro atoms. The second kappa shape index (κ2) is 7.36. The van der Waals surface area contributed by atoms with E-state index in [0.717, 1.165) is 24.8 Å². The van der Waals surface area contributed by atoms with Gasteiger partial charge in [-0.05, 0) is 62.3 Å². The smallest absolute Gasteiger partial charge is 0.325 e. The van der Waals surface area contributed by atoms with Gasteiger partial charge in [0.2, 0.25) is 15.9 Å². The molecule has 1 heterocycles. The SMILES string of the molecule is C[C@@H](NC(=O)C1CCN(S(=O)(=O)c2ccc3c(c2)CCC3)CC1)C(=O)O. The van der Waals surface area contributed by atoms with E-state index in [4.69, 9.17) is 5.11 Å². The van der Waals surface area contributed by atoms with Gasteiger partial charge in [0, 0.05) is 19.0 Å². The van der Waals surface area contributed by atoms with E-state index in [1.54, 1.807) is 12.1 Å². The van der Waals surface area contributed by atoms with E-state index >= 15 is 0 Å². The summed E-state index contributed by atoms with van der Waals surface area (Å²) in [6.45, 7) is 1.94. The Labute approximate surface area is 153 Å². The molecular weight excluding hydrogens is 356 g/mol. The maximum absolute atomic E-state index is 12.9. The van der Waals surface area contributed by atoms with Gasteiger partial charge in [-0.15, -0.1) is 0 Å². The number of nitrogens with one attached hydrogen (secondary N) is 1. The summed E-state index contributed by atoms with van der Waals surface area (Å²) in [7, 11) is -3.56. The molecule has 26 heavy (non-hydrogen) atoms. The highest BCUT2D eigenvalue weighted by Gasteiger charge is 2.33. The van der Waals surface area contributed by atoms with Gasteiger partial charge < -0.3 is 10.4 Å². The molecule has 0 saturated carbocycles. The molecule has 0 bridgehead atoms. The molecule has 1 saturated heterocycles. The van der Waals surface area contributed by atoms with Gasteiger partial charge in [0.05, 0.1) is 4.90 Å². The molecule has 7 nitrogen and oxygen atoms in total. The van der Waals surface area contributed by atoms with Crippen LogP contribution in [0.2, 0.25) is 0 Å². The number of piperidine rings is 1. The van der Waals surface area contributed by atoms with Crippen molar-refractivity contribution in [2.45, 2.75) is 50.0 Å². The van der Waals surface area contributed by atoms with Crippen LogP contribution >= 0.6 is 0 Å². The van der Waals surface area contributed by atoms with Crippen molar-refractivity contribution in [3.05, 3.63) is 29.3 Å². The van der Waals surface area contributed by atoms with Gasteiger partial charge in [0.25, 0.3) is 0 Å². The summed E-state index contributed by atoms with van der Waals surface area (Å²) in [5.41, 5.74) is 2.34.